The van der Waals surface area contributed by atoms with Crippen LogP contribution in [-0.4, -0.2) is 118 Å². The van der Waals surface area contributed by atoms with E-state index in [1.165, 1.54) is 70.6 Å². The number of ether oxygens (including phenoxy) is 5. The summed E-state index contributed by atoms with van der Waals surface area (Å²) in [6.45, 7) is 9.47. The van der Waals surface area contributed by atoms with Gasteiger partial charge in [0.2, 0.25) is 17.7 Å². The Balaban J connectivity index is 3.52. The van der Waals surface area contributed by atoms with Gasteiger partial charge in [-0.05, 0) is 59.8 Å². The Morgan fingerprint density at radius 2 is 0.930 bits per heavy atom. The fourth-order valence-electron chi connectivity index (χ4n) is 5.63. The fraction of sp³-hybridized carbons (Fsp3) is 0.857. The van der Waals surface area contributed by atoms with E-state index in [9.17, 15) is 28.8 Å². The Labute approximate surface area is 342 Å². The molecule has 0 bridgehead atoms. The molecule has 0 aromatic rings. The average Bonchev–Trinajstić information content (AvgIpc) is 3.13. The summed E-state index contributed by atoms with van der Waals surface area (Å²) in [5, 5.41) is 17.0. The normalized spacial score (nSPS) is 11.9. The van der Waals surface area contributed by atoms with Gasteiger partial charge in [0.05, 0.1) is 26.4 Å². The highest BCUT2D eigenvalue weighted by molar-refractivity contribution is 5.86. The first-order valence-corrected chi connectivity index (χ1v) is 21.4. The summed E-state index contributed by atoms with van der Waals surface area (Å²) in [6.07, 6.45) is 19.3. The standard InChI is InChI=1S/C42H77N3O12/c1-35(46)21-17-15-13-11-9-7-5-6-8-10-12-14-16-18-22-37(47)43-25-19-27-53-29-31-55-32-30-54-28-20-26-44-38(48)33-56-34-39(49)45-36(23-24-40(50)51)41(52)57-42(2,3)4/h36H,5-34H2,1-4H3,(H,43,47)(H,44,48)(H,45,49)(H,50,51). The van der Waals surface area contributed by atoms with Gasteiger partial charge < -0.3 is 49.5 Å². The van der Waals surface area contributed by atoms with E-state index >= 15 is 0 Å². The Hall–Kier alpha value is -3.14. The Morgan fingerprint density at radius 3 is 1.39 bits per heavy atom. The van der Waals surface area contributed by atoms with Gasteiger partial charge in [-0.15, -0.1) is 0 Å². The van der Waals surface area contributed by atoms with E-state index in [0.717, 1.165) is 32.1 Å². The number of nitrogens with one attached hydrogen (secondary N) is 3. The summed E-state index contributed by atoms with van der Waals surface area (Å²) in [5.74, 6) is -2.54. The molecule has 0 saturated carbocycles. The molecule has 0 aromatic heterocycles. The monoisotopic (exact) mass is 816 g/mol. The third-order valence-electron chi connectivity index (χ3n) is 8.64. The van der Waals surface area contributed by atoms with Gasteiger partial charge >= 0.3 is 11.9 Å². The van der Waals surface area contributed by atoms with Crippen LogP contribution in [0.15, 0.2) is 0 Å². The van der Waals surface area contributed by atoms with Crippen molar-refractivity contribution >= 4 is 35.4 Å². The number of esters is 1. The number of carboxylic acids is 1. The lowest BCUT2D eigenvalue weighted by molar-refractivity contribution is -0.159. The quantitative estimate of drug-likeness (QED) is 0.0442. The van der Waals surface area contributed by atoms with Crippen molar-refractivity contribution in [1.82, 2.24) is 16.0 Å². The highest BCUT2D eigenvalue weighted by atomic mass is 16.6. The van der Waals surface area contributed by atoms with Crippen molar-refractivity contribution in [2.24, 2.45) is 0 Å². The molecule has 0 radical (unpaired) electrons. The first-order chi connectivity index (χ1) is 27.3. The molecule has 0 aromatic carbocycles. The maximum Gasteiger partial charge on any atom is 0.329 e. The first kappa shape index (κ1) is 53.9. The van der Waals surface area contributed by atoms with Gasteiger partial charge in [-0.25, -0.2) is 4.79 Å². The number of carbonyl (C=O) groups excluding carboxylic acids is 5. The molecule has 0 spiro atoms. The van der Waals surface area contributed by atoms with Crippen LogP contribution in [0, 0.1) is 0 Å². The number of Topliss-reactive ketones (excluding diaryl/α,β-unsaturated/α-hetero) is 1. The van der Waals surface area contributed by atoms with Crippen LogP contribution in [0.3, 0.4) is 0 Å². The predicted molar refractivity (Wildman–Crippen MR) is 218 cm³/mol. The van der Waals surface area contributed by atoms with Crippen molar-refractivity contribution in [1.29, 1.82) is 0 Å². The molecule has 3 amide bonds. The van der Waals surface area contributed by atoms with E-state index < -0.39 is 42.0 Å². The van der Waals surface area contributed by atoms with Crippen molar-refractivity contribution in [3.63, 3.8) is 0 Å². The third kappa shape index (κ3) is 40.8. The van der Waals surface area contributed by atoms with Crippen LogP contribution in [0.2, 0.25) is 0 Å². The molecule has 0 aliphatic heterocycles. The molecule has 0 rings (SSSR count). The third-order valence-corrected chi connectivity index (χ3v) is 8.64. The molecule has 0 aliphatic rings. The molecule has 0 heterocycles. The summed E-state index contributed by atoms with van der Waals surface area (Å²) >= 11 is 0. The number of hydrogen-bond acceptors (Lipinski definition) is 11. The highest BCUT2D eigenvalue weighted by Gasteiger charge is 2.27. The van der Waals surface area contributed by atoms with Gasteiger partial charge in [0.15, 0.2) is 0 Å². The highest BCUT2D eigenvalue weighted by Crippen LogP contribution is 2.14. The lowest BCUT2D eigenvalue weighted by atomic mass is 10.0. The molecule has 57 heavy (non-hydrogen) atoms. The predicted octanol–water partition coefficient (Wildman–Crippen LogP) is 5.59. The van der Waals surface area contributed by atoms with Gasteiger partial charge in [-0.1, -0.05) is 77.0 Å². The Kier molecular flexibility index (Phi) is 35.1. The number of aliphatic carboxylic acids is 1. The molecular weight excluding hydrogens is 738 g/mol. The minimum Gasteiger partial charge on any atom is -0.481 e. The molecule has 332 valence electrons. The second-order valence-electron chi connectivity index (χ2n) is 15.5. The van der Waals surface area contributed by atoms with Crippen LogP contribution in [-0.2, 0) is 52.5 Å². The summed E-state index contributed by atoms with van der Waals surface area (Å²) < 4.78 is 26.9. The van der Waals surface area contributed by atoms with Crippen molar-refractivity contribution in [3.8, 4) is 0 Å². The van der Waals surface area contributed by atoms with E-state index in [1.54, 1.807) is 27.7 Å². The van der Waals surface area contributed by atoms with Crippen LogP contribution in [0.5, 0.6) is 0 Å². The number of rotatable bonds is 40. The Bertz CT molecular complexity index is 1080. The van der Waals surface area contributed by atoms with Crippen molar-refractivity contribution in [3.05, 3.63) is 0 Å². The number of carbonyl (C=O) groups is 6. The fourth-order valence-corrected chi connectivity index (χ4v) is 5.63. The minimum atomic E-state index is -1.15. The van der Waals surface area contributed by atoms with Crippen molar-refractivity contribution < 1.29 is 57.6 Å². The molecule has 0 aliphatic carbocycles. The smallest absolute Gasteiger partial charge is 0.329 e. The molecular formula is C42H77N3O12. The number of ketones is 1. The summed E-state index contributed by atoms with van der Waals surface area (Å²) in [7, 11) is 0. The van der Waals surface area contributed by atoms with Crippen molar-refractivity contribution in [2.45, 2.75) is 168 Å². The maximum absolute atomic E-state index is 12.3. The van der Waals surface area contributed by atoms with Crippen LogP contribution in [0.25, 0.3) is 0 Å². The summed E-state index contributed by atoms with van der Waals surface area (Å²) in [6, 6.07) is -1.15. The maximum atomic E-state index is 12.3. The van der Waals surface area contributed by atoms with Gasteiger partial charge in [0, 0.05) is 45.6 Å². The first-order valence-electron chi connectivity index (χ1n) is 21.4. The van der Waals surface area contributed by atoms with Gasteiger partial charge in [0.25, 0.3) is 0 Å². The van der Waals surface area contributed by atoms with E-state index in [0.29, 0.717) is 71.4 Å². The number of carboxylic acid groups (broad SMARTS) is 1. The topological polar surface area (TPSA) is 205 Å². The van der Waals surface area contributed by atoms with E-state index in [2.05, 4.69) is 16.0 Å². The SMILES string of the molecule is CC(=O)CCCCCCCCCCCCCCCCC(=O)NCCCOCCOCCOCCCNC(=O)COCC(=O)NC(CCC(=O)O)C(=O)OC(C)(C)C. The summed E-state index contributed by atoms with van der Waals surface area (Å²) in [4.78, 5) is 70.4. The van der Waals surface area contributed by atoms with Crippen LogP contribution < -0.4 is 16.0 Å². The molecule has 1 atom stereocenters. The molecule has 15 nitrogen and oxygen atoms in total. The van der Waals surface area contributed by atoms with Gasteiger partial charge in [-0.2, -0.15) is 0 Å². The van der Waals surface area contributed by atoms with E-state index in [-0.39, 0.29) is 25.4 Å². The number of amides is 3. The van der Waals surface area contributed by atoms with E-state index in [1.807, 2.05) is 0 Å². The lowest BCUT2D eigenvalue weighted by Gasteiger charge is -2.24. The van der Waals surface area contributed by atoms with Crippen molar-refractivity contribution in [2.75, 3.05) is 65.9 Å². The van der Waals surface area contributed by atoms with Gasteiger partial charge in [0.1, 0.15) is 30.6 Å². The lowest BCUT2D eigenvalue weighted by Crippen LogP contribution is -2.46. The van der Waals surface area contributed by atoms with Crippen LogP contribution in [0.1, 0.15) is 156 Å². The minimum absolute atomic E-state index is 0.107. The molecule has 15 heteroatoms. The second kappa shape index (κ2) is 37.2. The zero-order chi connectivity index (χ0) is 42.4. The molecule has 0 saturated heterocycles. The zero-order valence-electron chi connectivity index (χ0n) is 35.7. The second-order valence-corrected chi connectivity index (χ2v) is 15.5. The number of unbranched alkanes of at least 4 members (excludes halogenated alkanes) is 13. The number of hydrogen-bond donors (Lipinski definition) is 4. The van der Waals surface area contributed by atoms with Gasteiger partial charge in [-0.3, -0.25) is 19.2 Å². The Morgan fingerprint density at radius 1 is 0.509 bits per heavy atom. The zero-order valence-corrected chi connectivity index (χ0v) is 35.7. The van der Waals surface area contributed by atoms with Crippen LogP contribution in [0.4, 0.5) is 0 Å². The molecule has 1 unspecified atom stereocenters. The van der Waals surface area contributed by atoms with Crippen LogP contribution >= 0.6 is 0 Å². The summed E-state index contributed by atoms with van der Waals surface area (Å²) in [5.41, 5.74) is -0.808. The molecule has 0 fully saturated rings. The average molecular weight is 816 g/mol. The van der Waals surface area contributed by atoms with E-state index in [4.69, 9.17) is 28.8 Å². The largest absolute Gasteiger partial charge is 0.481 e. The molecule has 4 N–H and O–H groups in total.